The fourth-order valence-corrected chi connectivity index (χ4v) is 2.16. The van der Waals surface area contributed by atoms with Gasteiger partial charge in [-0.3, -0.25) is 9.48 Å². The number of rotatable bonds is 4. The summed E-state index contributed by atoms with van der Waals surface area (Å²) in [5.74, 6) is -0.268. The molecule has 2 aromatic rings. The lowest BCUT2D eigenvalue weighted by atomic mass is 10.2. The maximum atomic E-state index is 11.8. The highest BCUT2D eigenvalue weighted by atomic mass is 35.5. The highest BCUT2D eigenvalue weighted by Crippen LogP contribution is 2.23. The standard InChI is InChI=1S/C14H14Cl2N4O/c1-9-6-10(2)20(19-9)8-13(21)18-17-7-11-4-3-5-12(15)14(11)16/h3-7H,8H2,1-2H3,(H,18,21)/b17-7+. The summed E-state index contributed by atoms with van der Waals surface area (Å²) in [6.07, 6.45) is 1.45. The van der Waals surface area contributed by atoms with Crippen LogP contribution in [0.4, 0.5) is 0 Å². The summed E-state index contributed by atoms with van der Waals surface area (Å²) < 4.78 is 1.62. The van der Waals surface area contributed by atoms with Crippen LogP contribution in [-0.2, 0) is 11.3 Å². The molecule has 0 spiro atoms. The average Bonchev–Trinajstić information content (AvgIpc) is 2.73. The van der Waals surface area contributed by atoms with Crippen molar-refractivity contribution in [1.82, 2.24) is 15.2 Å². The minimum absolute atomic E-state index is 0.111. The summed E-state index contributed by atoms with van der Waals surface area (Å²) in [7, 11) is 0. The molecule has 1 aromatic heterocycles. The molecule has 0 fully saturated rings. The largest absolute Gasteiger partial charge is 0.271 e. The number of carbonyl (C=O) groups is 1. The highest BCUT2D eigenvalue weighted by Gasteiger charge is 2.06. The van der Waals surface area contributed by atoms with Crippen molar-refractivity contribution in [3.63, 3.8) is 0 Å². The number of halogens is 2. The molecule has 1 heterocycles. The van der Waals surface area contributed by atoms with Gasteiger partial charge in [-0.05, 0) is 26.0 Å². The number of aryl methyl sites for hydroxylation is 2. The SMILES string of the molecule is Cc1cc(C)n(CC(=O)N/N=C/c2cccc(Cl)c2Cl)n1. The van der Waals surface area contributed by atoms with Crippen LogP contribution >= 0.6 is 23.2 Å². The molecule has 2 rings (SSSR count). The number of hydrazone groups is 1. The zero-order valence-corrected chi connectivity index (χ0v) is 13.1. The maximum absolute atomic E-state index is 11.8. The van der Waals surface area contributed by atoms with Gasteiger partial charge >= 0.3 is 0 Å². The lowest BCUT2D eigenvalue weighted by Gasteiger charge is -2.03. The minimum Gasteiger partial charge on any atom is -0.271 e. The van der Waals surface area contributed by atoms with Gasteiger partial charge in [0.2, 0.25) is 0 Å². The summed E-state index contributed by atoms with van der Waals surface area (Å²) in [6.45, 7) is 3.88. The van der Waals surface area contributed by atoms with Crippen molar-refractivity contribution in [1.29, 1.82) is 0 Å². The Balaban J connectivity index is 1.96. The second-order valence-corrected chi connectivity index (χ2v) is 5.31. The Morgan fingerprint density at radius 2 is 2.19 bits per heavy atom. The quantitative estimate of drug-likeness (QED) is 0.694. The van der Waals surface area contributed by atoms with E-state index in [1.807, 2.05) is 19.9 Å². The molecule has 7 heteroatoms. The van der Waals surface area contributed by atoms with Crippen LogP contribution < -0.4 is 5.43 Å². The molecule has 0 aliphatic rings. The van der Waals surface area contributed by atoms with E-state index in [9.17, 15) is 4.79 Å². The van der Waals surface area contributed by atoms with Gasteiger partial charge in [-0.25, -0.2) is 5.43 Å². The number of nitrogens with one attached hydrogen (secondary N) is 1. The second-order valence-electron chi connectivity index (χ2n) is 4.52. The number of benzene rings is 1. The Hall–Kier alpha value is -1.85. The molecule has 1 amide bonds. The van der Waals surface area contributed by atoms with Crippen molar-refractivity contribution >= 4 is 35.3 Å². The van der Waals surface area contributed by atoms with Crippen LogP contribution in [0.3, 0.4) is 0 Å². The highest BCUT2D eigenvalue weighted by molar-refractivity contribution is 6.43. The first kappa shape index (κ1) is 15.5. The average molecular weight is 325 g/mol. The Kier molecular flexibility index (Phi) is 4.98. The van der Waals surface area contributed by atoms with Crippen LogP contribution in [0.5, 0.6) is 0 Å². The fourth-order valence-electron chi connectivity index (χ4n) is 1.80. The van der Waals surface area contributed by atoms with Crippen LogP contribution in [0.25, 0.3) is 0 Å². The summed E-state index contributed by atoms with van der Waals surface area (Å²) in [5, 5.41) is 8.91. The number of carbonyl (C=O) groups excluding carboxylic acids is 1. The van der Waals surface area contributed by atoms with Crippen molar-refractivity contribution in [2.24, 2.45) is 5.10 Å². The Morgan fingerprint density at radius 1 is 1.43 bits per heavy atom. The number of hydrogen-bond acceptors (Lipinski definition) is 3. The topological polar surface area (TPSA) is 59.3 Å². The van der Waals surface area contributed by atoms with Crippen molar-refractivity contribution in [2.45, 2.75) is 20.4 Å². The van der Waals surface area contributed by atoms with E-state index in [0.29, 0.717) is 15.6 Å². The predicted molar refractivity (Wildman–Crippen MR) is 83.9 cm³/mol. The molecule has 5 nitrogen and oxygen atoms in total. The number of hydrogen-bond donors (Lipinski definition) is 1. The van der Waals surface area contributed by atoms with E-state index in [1.165, 1.54) is 6.21 Å². The maximum Gasteiger partial charge on any atom is 0.261 e. The minimum atomic E-state index is -0.268. The monoisotopic (exact) mass is 324 g/mol. The predicted octanol–water partition coefficient (Wildman–Crippen LogP) is 2.96. The third-order valence-corrected chi connectivity index (χ3v) is 3.60. The van der Waals surface area contributed by atoms with Crippen LogP contribution in [0.15, 0.2) is 29.4 Å². The number of nitrogens with zero attached hydrogens (tertiary/aromatic N) is 3. The van der Waals surface area contributed by atoms with Gasteiger partial charge in [-0.1, -0.05) is 35.3 Å². The van der Waals surface area contributed by atoms with Gasteiger partial charge in [-0.15, -0.1) is 0 Å². The van der Waals surface area contributed by atoms with E-state index in [1.54, 1.807) is 22.9 Å². The van der Waals surface area contributed by atoms with Gasteiger partial charge in [0.15, 0.2) is 0 Å². The molecular formula is C14H14Cl2N4O. The van der Waals surface area contributed by atoms with Gasteiger partial charge in [0.25, 0.3) is 5.91 Å². The van der Waals surface area contributed by atoms with Crippen molar-refractivity contribution in [2.75, 3.05) is 0 Å². The summed E-state index contributed by atoms with van der Waals surface area (Å²) in [5.41, 5.74) is 4.86. The van der Waals surface area contributed by atoms with Crippen molar-refractivity contribution in [3.8, 4) is 0 Å². The van der Waals surface area contributed by atoms with Crippen LogP contribution in [-0.4, -0.2) is 21.9 Å². The van der Waals surface area contributed by atoms with E-state index in [0.717, 1.165) is 11.4 Å². The molecule has 0 atom stereocenters. The molecular weight excluding hydrogens is 311 g/mol. The number of amides is 1. The molecule has 0 aliphatic carbocycles. The van der Waals surface area contributed by atoms with E-state index >= 15 is 0 Å². The van der Waals surface area contributed by atoms with E-state index in [4.69, 9.17) is 23.2 Å². The molecule has 1 aromatic carbocycles. The fraction of sp³-hybridized carbons (Fsp3) is 0.214. The molecule has 0 radical (unpaired) electrons. The lowest BCUT2D eigenvalue weighted by molar-refractivity contribution is -0.121. The summed E-state index contributed by atoms with van der Waals surface area (Å²) in [6, 6.07) is 7.10. The Labute approximate surface area is 132 Å². The third kappa shape index (κ3) is 4.06. The first-order chi connectivity index (χ1) is 9.97. The smallest absolute Gasteiger partial charge is 0.261 e. The molecule has 21 heavy (non-hydrogen) atoms. The molecule has 0 saturated carbocycles. The molecule has 0 unspecified atom stereocenters. The zero-order valence-electron chi connectivity index (χ0n) is 11.6. The van der Waals surface area contributed by atoms with Gasteiger partial charge in [0, 0.05) is 11.3 Å². The van der Waals surface area contributed by atoms with Gasteiger partial charge in [-0.2, -0.15) is 10.2 Å². The van der Waals surface area contributed by atoms with E-state index in [-0.39, 0.29) is 12.5 Å². The Morgan fingerprint density at radius 3 is 2.86 bits per heavy atom. The van der Waals surface area contributed by atoms with Crippen LogP contribution in [0.1, 0.15) is 17.0 Å². The van der Waals surface area contributed by atoms with Crippen molar-refractivity contribution < 1.29 is 4.79 Å². The normalized spacial score (nSPS) is 11.0. The Bertz CT molecular complexity index is 694. The molecule has 110 valence electrons. The van der Waals surface area contributed by atoms with E-state index < -0.39 is 0 Å². The number of aromatic nitrogens is 2. The first-order valence-electron chi connectivity index (χ1n) is 6.24. The lowest BCUT2D eigenvalue weighted by Crippen LogP contribution is -2.24. The molecule has 0 bridgehead atoms. The van der Waals surface area contributed by atoms with Gasteiger partial charge in [0.05, 0.1) is 22.0 Å². The molecule has 0 saturated heterocycles. The summed E-state index contributed by atoms with van der Waals surface area (Å²) >= 11 is 11.9. The summed E-state index contributed by atoms with van der Waals surface area (Å²) in [4.78, 5) is 11.8. The van der Waals surface area contributed by atoms with Crippen LogP contribution in [0, 0.1) is 13.8 Å². The van der Waals surface area contributed by atoms with Gasteiger partial charge in [0.1, 0.15) is 6.54 Å². The van der Waals surface area contributed by atoms with Crippen LogP contribution in [0.2, 0.25) is 10.0 Å². The third-order valence-electron chi connectivity index (χ3n) is 2.77. The van der Waals surface area contributed by atoms with E-state index in [2.05, 4.69) is 15.6 Å². The second kappa shape index (κ2) is 6.74. The zero-order chi connectivity index (χ0) is 15.4. The first-order valence-corrected chi connectivity index (χ1v) is 7.00. The van der Waals surface area contributed by atoms with Crippen molar-refractivity contribution in [3.05, 3.63) is 51.3 Å². The molecule has 0 aliphatic heterocycles. The van der Waals surface area contributed by atoms with Gasteiger partial charge < -0.3 is 0 Å². The molecule has 1 N–H and O–H groups in total.